The Kier molecular flexibility index (Phi) is 7.84. The first-order chi connectivity index (χ1) is 15.0. The molecular formula is C25H31N3O3. The molecule has 0 aromatic heterocycles. The molecule has 164 valence electrons. The van der Waals surface area contributed by atoms with Crippen molar-refractivity contribution >= 4 is 12.0 Å². The van der Waals surface area contributed by atoms with E-state index in [4.69, 9.17) is 4.74 Å². The van der Waals surface area contributed by atoms with Gasteiger partial charge in [-0.15, -0.1) is 0 Å². The van der Waals surface area contributed by atoms with E-state index in [1.165, 1.54) is 11.1 Å². The molecule has 1 aliphatic heterocycles. The number of esters is 1. The highest BCUT2D eigenvalue weighted by Gasteiger charge is 2.34. The second-order valence-corrected chi connectivity index (χ2v) is 7.53. The van der Waals surface area contributed by atoms with Crippen molar-refractivity contribution < 1.29 is 14.3 Å². The van der Waals surface area contributed by atoms with Crippen LogP contribution in [0.25, 0.3) is 0 Å². The Bertz CT molecular complexity index is 923. The lowest BCUT2D eigenvalue weighted by Crippen LogP contribution is -2.48. The van der Waals surface area contributed by atoms with Gasteiger partial charge in [-0.05, 0) is 36.6 Å². The number of rotatable bonds is 9. The predicted octanol–water partition coefficient (Wildman–Crippen LogP) is 3.94. The molecule has 0 radical (unpaired) electrons. The summed E-state index contributed by atoms with van der Waals surface area (Å²) in [6.45, 7) is 8.14. The smallest absolute Gasteiger partial charge is 0.338 e. The zero-order valence-corrected chi connectivity index (χ0v) is 18.5. The van der Waals surface area contributed by atoms with Gasteiger partial charge >= 0.3 is 12.0 Å². The van der Waals surface area contributed by atoms with E-state index in [1.807, 2.05) is 42.5 Å². The zero-order valence-electron chi connectivity index (χ0n) is 18.5. The van der Waals surface area contributed by atoms with Crippen molar-refractivity contribution in [3.63, 3.8) is 0 Å². The second kappa shape index (κ2) is 10.8. The van der Waals surface area contributed by atoms with Gasteiger partial charge < -0.3 is 15.4 Å². The summed E-state index contributed by atoms with van der Waals surface area (Å²) in [7, 11) is 0. The highest BCUT2D eigenvalue weighted by atomic mass is 16.5. The van der Waals surface area contributed by atoms with Crippen LogP contribution in [0.3, 0.4) is 0 Å². The number of carbonyl (C=O) groups is 2. The fourth-order valence-corrected chi connectivity index (χ4v) is 3.73. The second-order valence-electron chi connectivity index (χ2n) is 7.53. The van der Waals surface area contributed by atoms with Crippen molar-refractivity contribution in [3.05, 3.63) is 82.6 Å². The first-order valence-electron chi connectivity index (χ1n) is 10.9. The van der Waals surface area contributed by atoms with Gasteiger partial charge in [0.25, 0.3) is 0 Å². The number of hydrogen-bond acceptors (Lipinski definition) is 4. The number of amides is 2. The standard InChI is InChI=1S/C25H31N3O3/c1-4-18-12-14-20(15-13-18)23-22(24(29)31-6-3)21(26-25(30)27-23)17-28(5-2)16-19-10-8-7-9-11-19/h7-15,23H,4-6,16-17H2,1-3H3,(H2,26,27,30)/t23-/m1/s1. The molecule has 0 bridgehead atoms. The van der Waals surface area contributed by atoms with Gasteiger partial charge in [0.15, 0.2) is 0 Å². The third-order valence-electron chi connectivity index (χ3n) is 5.45. The van der Waals surface area contributed by atoms with E-state index >= 15 is 0 Å². The van der Waals surface area contributed by atoms with Gasteiger partial charge in [-0.3, -0.25) is 4.90 Å². The molecule has 0 saturated heterocycles. The molecule has 6 nitrogen and oxygen atoms in total. The average molecular weight is 422 g/mol. The summed E-state index contributed by atoms with van der Waals surface area (Å²) >= 11 is 0. The van der Waals surface area contributed by atoms with Gasteiger partial charge in [-0.1, -0.05) is 68.4 Å². The van der Waals surface area contributed by atoms with Crippen molar-refractivity contribution in [2.24, 2.45) is 0 Å². The van der Waals surface area contributed by atoms with Crippen LogP contribution in [0.5, 0.6) is 0 Å². The summed E-state index contributed by atoms with van der Waals surface area (Å²) in [5.41, 5.74) is 4.28. The highest BCUT2D eigenvalue weighted by molar-refractivity contribution is 5.95. The van der Waals surface area contributed by atoms with Crippen molar-refractivity contribution in [1.82, 2.24) is 15.5 Å². The van der Waals surface area contributed by atoms with Gasteiger partial charge in [0.2, 0.25) is 0 Å². The number of ether oxygens (including phenoxy) is 1. The molecule has 1 aliphatic rings. The van der Waals surface area contributed by atoms with Crippen LogP contribution in [0.4, 0.5) is 4.79 Å². The quantitative estimate of drug-likeness (QED) is 0.602. The molecule has 0 fully saturated rings. The molecule has 2 amide bonds. The van der Waals surface area contributed by atoms with E-state index < -0.39 is 12.0 Å². The Morgan fingerprint density at radius 2 is 1.68 bits per heavy atom. The topological polar surface area (TPSA) is 70.7 Å². The van der Waals surface area contributed by atoms with Gasteiger partial charge in [0.1, 0.15) is 0 Å². The van der Waals surface area contributed by atoms with Crippen LogP contribution in [-0.4, -0.2) is 36.6 Å². The third-order valence-corrected chi connectivity index (χ3v) is 5.45. The molecule has 2 aromatic carbocycles. The maximum atomic E-state index is 13.0. The number of likely N-dealkylation sites (N-methyl/N-ethyl adjacent to an activating group) is 1. The molecule has 31 heavy (non-hydrogen) atoms. The van der Waals surface area contributed by atoms with Crippen LogP contribution in [0.2, 0.25) is 0 Å². The van der Waals surface area contributed by atoms with Crippen LogP contribution in [0.15, 0.2) is 65.9 Å². The summed E-state index contributed by atoms with van der Waals surface area (Å²) in [4.78, 5) is 27.7. The van der Waals surface area contributed by atoms with Crippen LogP contribution >= 0.6 is 0 Å². The number of benzene rings is 2. The summed E-state index contributed by atoms with van der Waals surface area (Å²) < 4.78 is 5.37. The Morgan fingerprint density at radius 1 is 0.968 bits per heavy atom. The average Bonchev–Trinajstić information content (AvgIpc) is 2.79. The van der Waals surface area contributed by atoms with E-state index in [0.717, 1.165) is 25.1 Å². The molecule has 3 rings (SSSR count). The SMILES string of the molecule is CCOC(=O)C1=C(CN(CC)Cc2ccccc2)NC(=O)N[C@@H]1c1ccc(CC)cc1. The van der Waals surface area contributed by atoms with Crippen LogP contribution in [-0.2, 0) is 22.5 Å². The Morgan fingerprint density at radius 3 is 2.29 bits per heavy atom. The van der Waals surface area contributed by atoms with Crippen molar-refractivity contribution in [3.8, 4) is 0 Å². The molecule has 1 heterocycles. The molecule has 0 saturated carbocycles. The minimum Gasteiger partial charge on any atom is -0.463 e. The van der Waals surface area contributed by atoms with E-state index in [9.17, 15) is 9.59 Å². The van der Waals surface area contributed by atoms with Crippen molar-refractivity contribution in [1.29, 1.82) is 0 Å². The highest BCUT2D eigenvalue weighted by Crippen LogP contribution is 2.28. The molecular weight excluding hydrogens is 390 g/mol. The molecule has 0 unspecified atom stereocenters. The molecule has 0 spiro atoms. The minimum atomic E-state index is -0.552. The molecule has 6 heteroatoms. The fraction of sp³-hybridized carbons (Fsp3) is 0.360. The number of nitrogens with one attached hydrogen (secondary N) is 2. The first-order valence-corrected chi connectivity index (χ1v) is 10.9. The van der Waals surface area contributed by atoms with E-state index in [2.05, 4.69) is 41.5 Å². The van der Waals surface area contributed by atoms with Crippen LogP contribution in [0.1, 0.15) is 43.5 Å². The van der Waals surface area contributed by atoms with Crippen LogP contribution in [0, 0.1) is 0 Å². The number of carbonyl (C=O) groups excluding carboxylic acids is 2. The zero-order chi connectivity index (χ0) is 22.2. The Balaban J connectivity index is 1.96. The van der Waals surface area contributed by atoms with Gasteiger partial charge in [-0.2, -0.15) is 0 Å². The summed E-state index contributed by atoms with van der Waals surface area (Å²) in [5, 5.41) is 5.77. The maximum Gasteiger partial charge on any atom is 0.338 e. The summed E-state index contributed by atoms with van der Waals surface area (Å²) in [6.07, 6.45) is 0.926. The van der Waals surface area contributed by atoms with Crippen LogP contribution < -0.4 is 10.6 Å². The van der Waals surface area contributed by atoms with E-state index in [-0.39, 0.29) is 12.6 Å². The first kappa shape index (κ1) is 22.6. The van der Waals surface area contributed by atoms with E-state index in [0.29, 0.717) is 17.8 Å². The monoisotopic (exact) mass is 421 g/mol. The van der Waals surface area contributed by atoms with Crippen molar-refractivity contribution in [2.75, 3.05) is 19.7 Å². The largest absolute Gasteiger partial charge is 0.463 e. The molecule has 2 aromatic rings. The van der Waals surface area contributed by atoms with Gasteiger partial charge in [-0.25, -0.2) is 9.59 Å². The fourth-order valence-electron chi connectivity index (χ4n) is 3.73. The van der Waals surface area contributed by atoms with Gasteiger partial charge in [0.05, 0.1) is 18.2 Å². The predicted molar refractivity (Wildman–Crippen MR) is 121 cm³/mol. The number of aryl methyl sites for hydroxylation is 1. The minimum absolute atomic E-state index is 0.270. The molecule has 1 atom stereocenters. The lowest BCUT2D eigenvalue weighted by atomic mass is 9.94. The number of urea groups is 1. The lowest BCUT2D eigenvalue weighted by molar-refractivity contribution is -0.139. The maximum absolute atomic E-state index is 13.0. The number of hydrogen-bond donors (Lipinski definition) is 2. The Labute approximate surface area is 184 Å². The van der Waals surface area contributed by atoms with Gasteiger partial charge in [0, 0.05) is 18.8 Å². The number of nitrogens with zero attached hydrogens (tertiary/aromatic N) is 1. The lowest BCUT2D eigenvalue weighted by Gasteiger charge is -2.32. The van der Waals surface area contributed by atoms with Crippen molar-refractivity contribution in [2.45, 2.75) is 39.8 Å². The molecule has 2 N–H and O–H groups in total. The molecule has 0 aliphatic carbocycles. The Hall–Kier alpha value is -3.12. The summed E-state index contributed by atoms with van der Waals surface area (Å²) in [5.74, 6) is -0.412. The van der Waals surface area contributed by atoms with E-state index in [1.54, 1.807) is 6.92 Å². The summed E-state index contributed by atoms with van der Waals surface area (Å²) in [6, 6.07) is 17.3. The normalized spacial score (nSPS) is 16.1. The third kappa shape index (κ3) is 5.73.